The molecule has 2 aliphatic heterocycles. The molecule has 3 rings (SSSR count). The first-order chi connectivity index (χ1) is 9.19. The van der Waals surface area contributed by atoms with E-state index in [9.17, 15) is 0 Å². The first-order valence-corrected chi connectivity index (χ1v) is 7.64. The molecule has 2 aliphatic rings. The van der Waals surface area contributed by atoms with E-state index in [1.807, 2.05) is 6.20 Å². The summed E-state index contributed by atoms with van der Waals surface area (Å²) < 4.78 is 2.16. The molecule has 1 aromatic rings. The Morgan fingerprint density at radius 2 is 2.11 bits per heavy atom. The predicted octanol–water partition coefficient (Wildman–Crippen LogP) is 2.04. The summed E-state index contributed by atoms with van der Waals surface area (Å²) in [5, 5.41) is 7.93. The number of likely N-dealkylation sites (tertiary alicyclic amines) is 1. The Balaban J connectivity index is 1.64. The van der Waals surface area contributed by atoms with Gasteiger partial charge in [-0.2, -0.15) is 5.10 Å². The number of piperidine rings is 1. The van der Waals surface area contributed by atoms with Gasteiger partial charge in [0.2, 0.25) is 0 Å². The molecule has 4 heteroatoms. The molecule has 0 atom stereocenters. The van der Waals surface area contributed by atoms with Crippen molar-refractivity contribution in [1.82, 2.24) is 20.0 Å². The Hall–Kier alpha value is -0.870. The summed E-state index contributed by atoms with van der Waals surface area (Å²) in [6.45, 7) is 10.4. The normalized spacial score (nSPS) is 23.5. The van der Waals surface area contributed by atoms with Crippen LogP contribution in [0.4, 0.5) is 0 Å². The fourth-order valence-corrected chi connectivity index (χ4v) is 3.69. The lowest BCUT2D eigenvalue weighted by Crippen LogP contribution is -2.38. The van der Waals surface area contributed by atoms with Crippen LogP contribution in [0.15, 0.2) is 12.3 Å². The van der Waals surface area contributed by atoms with E-state index in [2.05, 4.69) is 39.9 Å². The number of nitrogens with one attached hydrogen (secondary N) is 1. The highest BCUT2D eigenvalue weighted by atomic mass is 15.3. The molecule has 0 saturated carbocycles. The molecule has 1 spiro atoms. The Morgan fingerprint density at radius 1 is 1.32 bits per heavy atom. The minimum absolute atomic E-state index is 0.459. The maximum atomic E-state index is 4.44. The van der Waals surface area contributed by atoms with E-state index in [1.54, 1.807) is 0 Å². The van der Waals surface area contributed by atoms with Crippen LogP contribution in [-0.2, 0) is 6.54 Å². The van der Waals surface area contributed by atoms with Crippen LogP contribution in [0.1, 0.15) is 44.8 Å². The third-order valence-electron chi connectivity index (χ3n) is 4.81. The zero-order valence-electron chi connectivity index (χ0n) is 12.2. The maximum absolute atomic E-state index is 4.44. The fourth-order valence-electron chi connectivity index (χ4n) is 3.69. The monoisotopic (exact) mass is 262 g/mol. The lowest BCUT2D eigenvalue weighted by molar-refractivity contribution is 0.191. The topological polar surface area (TPSA) is 33.1 Å². The van der Waals surface area contributed by atoms with Gasteiger partial charge in [0.05, 0.1) is 5.69 Å². The second-order valence-electron chi connectivity index (χ2n) is 6.57. The molecule has 2 saturated heterocycles. The Bertz CT molecular complexity index is 418. The zero-order valence-corrected chi connectivity index (χ0v) is 12.2. The van der Waals surface area contributed by atoms with E-state index in [-0.39, 0.29) is 0 Å². The molecular weight excluding hydrogens is 236 g/mol. The van der Waals surface area contributed by atoms with E-state index in [4.69, 9.17) is 0 Å². The third kappa shape index (κ3) is 2.70. The summed E-state index contributed by atoms with van der Waals surface area (Å²) in [5.41, 5.74) is 1.97. The van der Waals surface area contributed by atoms with Crippen molar-refractivity contribution in [3.8, 4) is 0 Å². The molecule has 106 valence electrons. The van der Waals surface area contributed by atoms with E-state index < -0.39 is 0 Å². The average Bonchev–Trinajstić information content (AvgIpc) is 2.99. The zero-order chi connectivity index (χ0) is 13.3. The smallest absolute Gasteiger partial charge is 0.0527 e. The third-order valence-corrected chi connectivity index (χ3v) is 4.81. The molecular formula is C15H26N4. The number of hydrogen-bond acceptors (Lipinski definition) is 3. The number of rotatable bonds is 3. The highest BCUT2D eigenvalue weighted by Gasteiger charge is 2.38. The van der Waals surface area contributed by atoms with Crippen LogP contribution in [0.5, 0.6) is 0 Å². The molecule has 1 aromatic heterocycles. The number of hydrogen-bond donors (Lipinski definition) is 1. The van der Waals surface area contributed by atoms with Crippen LogP contribution < -0.4 is 5.32 Å². The van der Waals surface area contributed by atoms with Gasteiger partial charge in [0.25, 0.3) is 0 Å². The van der Waals surface area contributed by atoms with Crippen molar-refractivity contribution in [2.24, 2.45) is 5.41 Å². The quantitative estimate of drug-likeness (QED) is 0.905. The molecule has 19 heavy (non-hydrogen) atoms. The van der Waals surface area contributed by atoms with E-state index >= 15 is 0 Å². The second-order valence-corrected chi connectivity index (χ2v) is 6.57. The first-order valence-electron chi connectivity index (χ1n) is 7.64. The molecule has 4 nitrogen and oxygen atoms in total. The lowest BCUT2D eigenvalue weighted by Gasteiger charge is -2.34. The highest BCUT2D eigenvalue weighted by molar-refractivity contribution is 5.03. The molecule has 0 aliphatic carbocycles. The van der Waals surface area contributed by atoms with Crippen molar-refractivity contribution >= 4 is 0 Å². The van der Waals surface area contributed by atoms with Gasteiger partial charge < -0.3 is 5.32 Å². The summed E-state index contributed by atoms with van der Waals surface area (Å²) in [6.07, 6.45) is 6.02. The van der Waals surface area contributed by atoms with Crippen molar-refractivity contribution in [3.05, 3.63) is 18.0 Å². The summed E-state index contributed by atoms with van der Waals surface area (Å²) >= 11 is 0. The second kappa shape index (κ2) is 5.25. The number of aromatic nitrogens is 2. The molecule has 1 N–H and O–H groups in total. The number of nitrogens with zero attached hydrogens (tertiary/aromatic N) is 3. The van der Waals surface area contributed by atoms with Gasteiger partial charge in [-0.05, 0) is 64.2 Å². The molecule has 0 bridgehead atoms. The van der Waals surface area contributed by atoms with Gasteiger partial charge in [-0.25, -0.2) is 0 Å². The standard InChI is InChI=1S/C15H26N4/c1-13(2)19-14(3-7-17-19)11-18-10-6-15(12-18)4-8-16-9-5-15/h3,7,13,16H,4-6,8-12H2,1-2H3. The fraction of sp³-hybridized carbons (Fsp3) is 0.800. The van der Waals surface area contributed by atoms with Gasteiger partial charge >= 0.3 is 0 Å². The summed E-state index contributed by atoms with van der Waals surface area (Å²) in [4.78, 5) is 2.63. The van der Waals surface area contributed by atoms with Gasteiger partial charge in [0.1, 0.15) is 0 Å². The minimum atomic E-state index is 0.459. The van der Waals surface area contributed by atoms with Gasteiger partial charge in [0.15, 0.2) is 0 Å². The summed E-state index contributed by atoms with van der Waals surface area (Å²) in [7, 11) is 0. The van der Waals surface area contributed by atoms with E-state index in [0.29, 0.717) is 11.5 Å². The van der Waals surface area contributed by atoms with Gasteiger partial charge in [-0.1, -0.05) is 0 Å². The Kier molecular flexibility index (Phi) is 3.63. The van der Waals surface area contributed by atoms with Gasteiger partial charge in [0, 0.05) is 25.3 Å². The van der Waals surface area contributed by atoms with Crippen molar-refractivity contribution in [2.45, 2.75) is 45.7 Å². The highest BCUT2D eigenvalue weighted by Crippen LogP contribution is 2.39. The van der Waals surface area contributed by atoms with Crippen molar-refractivity contribution in [3.63, 3.8) is 0 Å². The summed E-state index contributed by atoms with van der Waals surface area (Å²) in [5.74, 6) is 0. The first kappa shape index (κ1) is 13.1. The van der Waals surface area contributed by atoms with Crippen LogP contribution in [0.25, 0.3) is 0 Å². The van der Waals surface area contributed by atoms with Crippen molar-refractivity contribution in [1.29, 1.82) is 0 Å². The van der Waals surface area contributed by atoms with E-state index in [1.165, 1.54) is 51.1 Å². The van der Waals surface area contributed by atoms with E-state index in [0.717, 1.165) is 6.54 Å². The van der Waals surface area contributed by atoms with Gasteiger partial charge in [-0.15, -0.1) is 0 Å². The SMILES string of the molecule is CC(C)n1nccc1CN1CCC2(CCNCC2)C1. The van der Waals surface area contributed by atoms with Gasteiger partial charge in [-0.3, -0.25) is 9.58 Å². The van der Waals surface area contributed by atoms with Crippen LogP contribution in [0.3, 0.4) is 0 Å². The molecule has 2 fully saturated rings. The molecule has 0 aromatic carbocycles. The average molecular weight is 262 g/mol. The van der Waals surface area contributed by atoms with Crippen LogP contribution in [0, 0.1) is 5.41 Å². The Labute approximate surface area is 116 Å². The molecule has 0 radical (unpaired) electrons. The molecule has 0 unspecified atom stereocenters. The predicted molar refractivity (Wildman–Crippen MR) is 77.0 cm³/mol. The summed E-state index contributed by atoms with van der Waals surface area (Å²) in [6, 6.07) is 2.63. The maximum Gasteiger partial charge on any atom is 0.0527 e. The lowest BCUT2D eigenvalue weighted by atomic mass is 9.78. The van der Waals surface area contributed by atoms with Crippen LogP contribution in [-0.4, -0.2) is 40.9 Å². The van der Waals surface area contributed by atoms with Crippen molar-refractivity contribution in [2.75, 3.05) is 26.2 Å². The molecule has 3 heterocycles. The Morgan fingerprint density at radius 3 is 2.84 bits per heavy atom. The minimum Gasteiger partial charge on any atom is -0.317 e. The van der Waals surface area contributed by atoms with Crippen LogP contribution >= 0.6 is 0 Å². The van der Waals surface area contributed by atoms with Crippen molar-refractivity contribution < 1.29 is 0 Å². The molecule has 0 amide bonds. The largest absolute Gasteiger partial charge is 0.317 e. The van der Waals surface area contributed by atoms with Crippen LogP contribution in [0.2, 0.25) is 0 Å².